The second kappa shape index (κ2) is 7.72. The van der Waals surface area contributed by atoms with Gasteiger partial charge in [-0.1, -0.05) is 36.4 Å². The second-order valence-corrected chi connectivity index (χ2v) is 8.13. The number of halogens is 1. The van der Waals surface area contributed by atoms with E-state index in [0.29, 0.717) is 0 Å². The molecule has 0 saturated heterocycles. The van der Waals surface area contributed by atoms with Gasteiger partial charge in [-0.15, -0.1) is 0 Å². The normalized spacial score (nSPS) is 18.7. The van der Waals surface area contributed by atoms with Crippen molar-refractivity contribution in [1.29, 1.82) is 0 Å². The minimum Gasteiger partial charge on any atom is -0.378 e. The molecule has 2 atom stereocenters. The molecule has 0 unspecified atom stereocenters. The summed E-state index contributed by atoms with van der Waals surface area (Å²) in [5, 5.41) is 3.64. The summed E-state index contributed by atoms with van der Waals surface area (Å²) in [4.78, 5) is 15.2. The highest BCUT2D eigenvalue weighted by molar-refractivity contribution is 14.1. The maximum atomic E-state index is 13.3. The smallest absolute Gasteiger partial charge is 0.258 e. The van der Waals surface area contributed by atoms with Crippen LogP contribution in [0.25, 0.3) is 0 Å². The van der Waals surface area contributed by atoms with Crippen molar-refractivity contribution in [3.05, 3.63) is 93.6 Å². The van der Waals surface area contributed by atoms with Gasteiger partial charge in [-0.2, -0.15) is 0 Å². The number of amides is 1. The Morgan fingerprint density at radius 1 is 0.963 bits per heavy atom. The lowest BCUT2D eigenvalue weighted by atomic mass is 9.90. The summed E-state index contributed by atoms with van der Waals surface area (Å²) >= 11 is 2.26. The Labute approximate surface area is 173 Å². The molecule has 1 heterocycles. The summed E-state index contributed by atoms with van der Waals surface area (Å²) in [5.41, 5.74) is 3.99. The first-order chi connectivity index (χ1) is 13.1. The summed E-state index contributed by atoms with van der Waals surface area (Å²) in [5.74, 6) is 0.0597. The minimum atomic E-state index is 0.0597. The van der Waals surface area contributed by atoms with Crippen LogP contribution in [0.15, 0.2) is 78.9 Å². The van der Waals surface area contributed by atoms with E-state index < -0.39 is 0 Å². The molecule has 0 radical (unpaired) electrons. The van der Waals surface area contributed by atoms with E-state index >= 15 is 0 Å². The Bertz CT molecular complexity index is 940. The summed E-state index contributed by atoms with van der Waals surface area (Å²) in [7, 11) is 0. The number of benzene rings is 3. The topological polar surface area (TPSA) is 32.3 Å². The molecular weight excluding hydrogens is 447 g/mol. The highest BCUT2D eigenvalue weighted by atomic mass is 127. The number of rotatable bonds is 3. The number of para-hydroxylation sites is 2. The first kappa shape index (κ1) is 18.0. The van der Waals surface area contributed by atoms with Crippen molar-refractivity contribution in [2.45, 2.75) is 25.4 Å². The van der Waals surface area contributed by atoms with Crippen LogP contribution in [-0.2, 0) is 0 Å². The van der Waals surface area contributed by atoms with E-state index in [1.807, 2.05) is 59.5 Å². The SMILES string of the molecule is C[C@@H]1C[C@@H](Nc2ccccc2)c2ccccc2N1C(=O)c1ccc(I)cc1. The molecule has 27 heavy (non-hydrogen) atoms. The molecule has 4 heteroatoms. The van der Waals surface area contributed by atoms with E-state index in [-0.39, 0.29) is 18.0 Å². The Kier molecular flexibility index (Phi) is 5.16. The van der Waals surface area contributed by atoms with Crippen molar-refractivity contribution in [1.82, 2.24) is 0 Å². The Hall–Kier alpha value is -2.34. The molecule has 0 fully saturated rings. The van der Waals surface area contributed by atoms with Crippen molar-refractivity contribution in [2.24, 2.45) is 0 Å². The standard InChI is InChI=1S/C23H21IN2O/c1-16-15-21(25-19-7-3-2-4-8-19)20-9-5-6-10-22(20)26(16)23(27)17-11-13-18(24)14-12-17/h2-14,16,21,25H,15H2,1H3/t16-,21-/m1/s1. The fourth-order valence-corrected chi connectivity index (χ4v) is 4.09. The van der Waals surface area contributed by atoms with Crippen LogP contribution < -0.4 is 10.2 Å². The van der Waals surface area contributed by atoms with Crippen LogP contribution in [0.3, 0.4) is 0 Å². The van der Waals surface area contributed by atoms with E-state index in [9.17, 15) is 4.79 Å². The molecular formula is C23H21IN2O. The van der Waals surface area contributed by atoms with Crippen LogP contribution in [0.2, 0.25) is 0 Å². The predicted octanol–water partition coefficient (Wildman–Crippen LogP) is 5.88. The van der Waals surface area contributed by atoms with Gasteiger partial charge in [0.2, 0.25) is 0 Å². The Balaban J connectivity index is 1.68. The van der Waals surface area contributed by atoms with Gasteiger partial charge < -0.3 is 10.2 Å². The maximum Gasteiger partial charge on any atom is 0.258 e. The summed E-state index contributed by atoms with van der Waals surface area (Å²) < 4.78 is 1.13. The molecule has 0 saturated carbocycles. The number of hydrogen-bond acceptors (Lipinski definition) is 2. The van der Waals surface area contributed by atoms with Crippen molar-refractivity contribution >= 4 is 39.9 Å². The van der Waals surface area contributed by atoms with Crippen LogP contribution in [-0.4, -0.2) is 11.9 Å². The summed E-state index contributed by atoms with van der Waals surface area (Å²) in [6.45, 7) is 2.13. The third-order valence-electron chi connectivity index (χ3n) is 5.01. The first-order valence-corrected chi connectivity index (χ1v) is 10.2. The lowest BCUT2D eigenvalue weighted by molar-refractivity contribution is 0.0974. The average Bonchev–Trinajstić information content (AvgIpc) is 2.69. The number of anilines is 2. The molecule has 0 aliphatic carbocycles. The summed E-state index contributed by atoms with van der Waals surface area (Å²) in [6, 6.07) is 26.5. The lowest BCUT2D eigenvalue weighted by Crippen LogP contribution is -2.44. The number of hydrogen-bond donors (Lipinski definition) is 1. The van der Waals surface area contributed by atoms with Crippen LogP contribution in [0.4, 0.5) is 11.4 Å². The highest BCUT2D eigenvalue weighted by Crippen LogP contribution is 2.39. The van der Waals surface area contributed by atoms with Gasteiger partial charge >= 0.3 is 0 Å². The number of fused-ring (bicyclic) bond motifs is 1. The minimum absolute atomic E-state index is 0.0597. The average molecular weight is 468 g/mol. The summed E-state index contributed by atoms with van der Waals surface area (Å²) in [6.07, 6.45) is 0.863. The highest BCUT2D eigenvalue weighted by Gasteiger charge is 2.34. The zero-order valence-electron chi connectivity index (χ0n) is 15.1. The fourth-order valence-electron chi connectivity index (χ4n) is 3.73. The Morgan fingerprint density at radius 2 is 1.63 bits per heavy atom. The molecule has 1 aliphatic rings. The van der Waals surface area contributed by atoms with Crippen molar-refractivity contribution < 1.29 is 4.79 Å². The van der Waals surface area contributed by atoms with E-state index in [0.717, 1.165) is 26.9 Å². The third kappa shape index (κ3) is 3.72. The van der Waals surface area contributed by atoms with Gasteiger partial charge in [-0.25, -0.2) is 0 Å². The van der Waals surface area contributed by atoms with Gasteiger partial charge in [0, 0.05) is 26.6 Å². The quantitative estimate of drug-likeness (QED) is 0.487. The van der Waals surface area contributed by atoms with Gasteiger partial charge in [0.25, 0.3) is 5.91 Å². The van der Waals surface area contributed by atoms with E-state index in [1.165, 1.54) is 5.56 Å². The molecule has 1 amide bonds. The van der Waals surface area contributed by atoms with Crippen molar-refractivity contribution in [3.8, 4) is 0 Å². The molecule has 3 nitrogen and oxygen atoms in total. The molecule has 1 aliphatic heterocycles. The Morgan fingerprint density at radius 3 is 2.37 bits per heavy atom. The van der Waals surface area contributed by atoms with Gasteiger partial charge in [-0.3, -0.25) is 4.79 Å². The fraction of sp³-hybridized carbons (Fsp3) is 0.174. The van der Waals surface area contributed by atoms with E-state index in [1.54, 1.807) is 0 Å². The van der Waals surface area contributed by atoms with E-state index in [2.05, 4.69) is 59.1 Å². The third-order valence-corrected chi connectivity index (χ3v) is 5.73. The molecule has 0 spiro atoms. The largest absolute Gasteiger partial charge is 0.378 e. The van der Waals surface area contributed by atoms with Crippen LogP contribution in [0.1, 0.15) is 35.3 Å². The number of nitrogens with one attached hydrogen (secondary N) is 1. The lowest BCUT2D eigenvalue weighted by Gasteiger charge is -2.40. The molecule has 0 bridgehead atoms. The molecule has 0 aromatic heterocycles. The van der Waals surface area contributed by atoms with Crippen LogP contribution >= 0.6 is 22.6 Å². The zero-order valence-corrected chi connectivity index (χ0v) is 17.3. The predicted molar refractivity (Wildman–Crippen MR) is 119 cm³/mol. The van der Waals surface area contributed by atoms with Gasteiger partial charge in [0.1, 0.15) is 0 Å². The molecule has 136 valence electrons. The van der Waals surface area contributed by atoms with Crippen molar-refractivity contribution in [3.63, 3.8) is 0 Å². The van der Waals surface area contributed by atoms with E-state index in [4.69, 9.17) is 0 Å². The first-order valence-electron chi connectivity index (χ1n) is 9.13. The van der Waals surface area contributed by atoms with Gasteiger partial charge in [0.15, 0.2) is 0 Å². The monoisotopic (exact) mass is 468 g/mol. The van der Waals surface area contributed by atoms with Crippen LogP contribution in [0.5, 0.6) is 0 Å². The molecule has 1 N–H and O–H groups in total. The second-order valence-electron chi connectivity index (χ2n) is 6.89. The van der Waals surface area contributed by atoms with Gasteiger partial charge in [0.05, 0.1) is 6.04 Å². The molecule has 4 rings (SSSR count). The number of carbonyl (C=O) groups excluding carboxylic acids is 1. The van der Waals surface area contributed by atoms with Crippen molar-refractivity contribution in [2.75, 3.05) is 10.2 Å². The maximum absolute atomic E-state index is 13.3. The number of nitrogens with zero attached hydrogens (tertiary/aromatic N) is 1. The van der Waals surface area contributed by atoms with Gasteiger partial charge in [-0.05, 0) is 84.0 Å². The zero-order chi connectivity index (χ0) is 18.8. The van der Waals surface area contributed by atoms with Crippen LogP contribution in [0, 0.1) is 3.57 Å². The number of carbonyl (C=O) groups is 1. The molecule has 3 aromatic rings. The molecule has 3 aromatic carbocycles.